The zero-order valence-electron chi connectivity index (χ0n) is 19.4. The van der Waals surface area contributed by atoms with Crippen molar-refractivity contribution in [3.8, 4) is 0 Å². The molecule has 162 valence electrons. The Kier molecular flexibility index (Phi) is 7.12. The van der Waals surface area contributed by atoms with Crippen molar-refractivity contribution in [2.75, 3.05) is 0 Å². The summed E-state index contributed by atoms with van der Waals surface area (Å²) in [6.45, 7) is 14.1. The first-order chi connectivity index (χ1) is 13.7. The van der Waals surface area contributed by atoms with Crippen LogP contribution in [0.2, 0.25) is 0 Å². The van der Waals surface area contributed by atoms with Crippen LogP contribution in [0.1, 0.15) is 113 Å². The van der Waals surface area contributed by atoms with Crippen LogP contribution < -0.4 is 0 Å². The zero-order valence-corrected chi connectivity index (χ0v) is 19.4. The number of benzene rings is 1. The summed E-state index contributed by atoms with van der Waals surface area (Å²) in [5, 5.41) is 10.1. The van der Waals surface area contributed by atoms with Crippen LogP contribution in [0.5, 0.6) is 0 Å². The lowest BCUT2D eigenvalue weighted by atomic mass is 9.62. The van der Waals surface area contributed by atoms with Gasteiger partial charge in [0.15, 0.2) is 0 Å². The van der Waals surface area contributed by atoms with Gasteiger partial charge in [-0.3, -0.25) is 0 Å². The maximum absolute atomic E-state index is 12.3. The van der Waals surface area contributed by atoms with Crippen LogP contribution in [0.3, 0.4) is 0 Å². The lowest BCUT2D eigenvalue weighted by molar-refractivity contribution is 0.0692. The van der Waals surface area contributed by atoms with Gasteiger partial charge in [0.1, 0.15) is 0 Å². The highest BCUT2D eigenvalue weighted by Crippen LogP contribution is 2.51. The zero-order chi connectivity index (χ0) is 21.3. The molecule has 0 amide bonds. The van der Waals surface area contributed by atoms with Crippen LogP contribution in [0.25, 0.3) is 0 Å². The molecule has 0 aliphatic heterocycles. The molecule has 2 aliphatic rings. The van der Waals surface area contributed by atoms with Gasteiger partial charge in [0.25, 0.3) is 0 Å². The minimum atomic E-state index is -0.743. The Morgan fingerprint density at radius 1 is 0.862 bits per heavy atom. The van der Waals surface area contributed by atoms with E-state index in [0.717, 1.165) is 12.3 Å². The molecule has 2 fully saturated rings. The number of carboxylic acids is 1. The van der Waals surface area contributed by atoms with Gasteiger partial charge in [0.05, 0.1) is 5.56 Å². The highest BCUT2D eigenvalue weighted by molar-refractivity contribution is 5.90. The summed E-state index contributed by atoms with van der Waals surface area (Å²) in [6, 6.07) is 6.17. The van der Waals surface area contributed by atoms with Crippen molar-refractivity contribution in [2.24, 2.45) is 35.5 Å². The molecule has 2 aliphatic carbocycles. The Morgan fingerprint density at radius 3 is 1.90 bits per heavy atom. The molecule has 6 atom stereocenters. The fourth-order valence-electron chi connectivity index (χ4n) is 6.60. The lowest BCUT2D eigenvalue weighted by Gasteiger charge is -2.43. The smallest absolute Gasteiger partial charge is 0.335 e. The second-order valence-corrected chi connectivity index (χ2v) is 11.0. The third-order valence-electron chi connectivity index (χ3n) is 8.18. The number of carboxylic acid groups (broad SMARTS) is 1. The number of aromatic carboxylic acids is 1. The summed E-state index contributed by atoms with van der Waals surface area (Å²) in [7, 11) is 0. The predicted octanol–water partition coefficient (Wildman–Crippen LogP) is 7.74. The summed E-state index contributed by atoms with van der Waals surface area (Å²) in [5.74, 6) is 4.01. The van der Waals surface area contributed by atoms with E-state index < -0.39 is 5.97 Å². The lowest BCUT2D eigenvalue weighted by Crippen LogP contribution is -2.31. The molecule has 0 heterocycles. The summed E-state index contributed by atoms with van der Waals surface area (Å²) in [5.41, 5.74) is 3.16. The SMILES string of the molecule is CC1CCC(C(C)C)C(c2cccc(C(=O)O)c2C2CC(C)CCC2C(C)C)C1. The highest BCUT2D eigenvalue weighted by atomic mass is 16.4. The summed E-state index contributed by atoms with van der Waals surface area (Å²) in [6.07, 6.45) is 7.42. The van der Waals surface area contributed by atoms with E-state index in [0.29, 0.717) is 47.0 Å². The van der Waals surface area contributed by atoms with Crippen molar-refractivity contribution < 1.29 is 9.90 Å². The number of rotatable bonds is 5. The topological polar surface area (TPSA) is 37.3 Å². The first-order valence-corrected chi connectivity index (χ1v) is 12.1. The van der Waals surface area contributed by atoms with Gasteiger partial charge in [-0.1, -0.05) is 66.5 Å². The average Bonchev–Trinajstić information content (AvgIpc) is 2.66. The Morgan fingerprint density at radius 2 is 1.38 bits per heavy atom. The van der Waals surface area contributed by atoms with E-state index >= 15 is 0 Å². The van der Waals surface area contributed by atoms with Crippen molar-refractivity contribution in [3.63, 3.8) is 0 Å². The predicted molar refractivity (Wildman–Crippen MR) is 122 cm³/mol. The molecule has 1 aromatic carbocycles. The largest absolute Gasteiger partial charge is 0.478 e. The van der Waals surface area contributed by atoms with Gasteiger partial charge in [-0.25, -0.2) is 4.79 Å². The van der Waals surface area contributed by atoms with E-state index in [-0.39, 0.29) is 0 Å². The normalized spacial score (nSPS) is 33.2. The van der Waals surface area contributed by atoms with E-state index in [1.165, 1.54) is 43.2 Å². The van der Waals surface area contributed by atoms with Gasteiger partial charge >= 0.3 is 5.97 Å². The minimum Gasteiger partial charge on any atom is -0.478 e. The van der Waals surface area contributed by atoms with Gasteiger partial charge in [-0.2, -0.15) is 0 Å². The fourth-order valence-corrected chi connectivity index (χ4v) is 6.60. The number of carbonyl (C=O) groups is 1. The van der Waals surface area contributed by atoms with Gasteiger partial charge < -0.3 is 5.11 Å². The van der Waals surface area contributed by atoms with Gasteiger partial charge in [-0.15, -0.1) is 0 Å². The first kappa shape index (κ1) is 22.4. The Hall–Kier alpha value is -1.31. The second-order valence-electron chi connectivity index (χ2n) is 11.0. The molecule has 29 heavy (non-hydrogen) atoms. The van der Waals surface area contributed by atoms with Gasteiger partial charge in [-0.05, 0) is 90.2 Å². The quantitative estimate of drug-likeness (QED) is 0.551. The van der Waals surface area contributed by atoms with Crippen LogP contribution in [-0.4, -0.2) is 11.1 Å². The van der Waals surface area contributed by atoms with Crippen LogP contribution >= 0.6 is 0 Å². The van der Waals surface area contributed by atoms with Crippen molar-refractivity contribution in [2.45, 2.75) is 91.9 Å². The Labute approximate surface area is 178 Å². The molecule has 1 aromatic rings. The van der Waals surface area contributed by atoms with Crippen molar-refractivity contribution in [1.82, 2.24) is 0 Å². The number of hydrogen-bond donors (Lipinski definition) is 1. The van der Waals surface area contributed by atoms with Crippen LogP contribution in [0.15, 0.2) is 18.2 Å². The number of hydrogen-bond acceptors (Lipinski definition) is 1. The Bertz CT molecular complexity index is 704. The molecule has 0 radical (unpaired) electrons. The van der Waals surface area contributed by atoms with Crippen LogP contribution in [-0.2, 0) is 0 Å². The van der Waals surface area contributed by atoms with E-state index in [1.807, 2.05) is 12.1 Å². The molecule has 6 unspecified atom stereocenters. The molecule has 1 N–H and O–H groups in total. The van der Waals surface area contributed by atoms with E-state index in [1.54, 1.807) is 0 Å². The average molecular weight is 399 g/mol. The Balaban J connectivity index is 2.15. The van der Waals surface area contributed by atoms with Crippen molar-refractivity contribution in [3.05, 3.63) is 34.9 Å². The van der Waals surface area contributed by atoms with E-state index in [2.05, 4.69) is 47.6 Å². The maximum atomic E-state index is 12.3. The van der Waals surface area contributed by atoms with Gasteiger partial charge in [0, 0.05) is 0 Å². The molecule has 0 aromatic heterocycles. The maximum Gasteiger partial charge on any atom is 0.335 e. The third-order valence-corrected chi connectivity index (χ3v) is 8.18. The third kappa shape index (κ3) is 4.72. The first-order valence-electron chi connectivity index (χ1n) is 12.1. The molecule has 0 bridgehead atoms. The highest BCUT2D eigenvalue weighted by Gasteiger charge is 2.39. The molecule has 2 nitrogen and oxygen atoms in total. The van der Waals surface area contributed by atoms with E-state index in [9.17, 15) is 9.90 Å². The molecular weight excluding hydrogens is 356 g/mol. The van der Waals surface area contributed by atoms with E-state index in [4.69, 9.17) is 0 Å². The molecule has 2 heteroatoms. The van der Waals surface area contributed by atoms with Gasteiger partial charge in [0.2, 0.25) is 0 Å². The monoisotopic (exact) mass is 398 g/mol. The van der Waals surface area contributed by atoms with Crippen molar-refractivity contribution >= 4 is 5.97 Å². The molecule has 3 rings (SSSR count). The molecule has 0 spiro atoms. The summed E-state index contributed by atoms with van der Waals surface area (Å²) < 4.78 is 0. The van der Waals surface area contributed by atoms with Crippen molar-refractivity contribution in [1.29, 1.82) is 0 Å². The second kappa shape index (κ2) is 9.23. The molecule has 0 saturated heterocycles. The summed E-state index contributed by atoms with van der Waals surface area (Å²) >= 11 is 0. The van der Waals surface area contributed by atoms with Crippen LogP contribution in [0.4, 0.5) is 0 Å². The van der Waals surface area contributed by atoms with Crippen LogP contribution in [0, 0.1) is 35.5 Å². The fraction of sp³-hybridized carbons (Fsp3) is 0.741. The molecular formula is C27H42O2. The molecule has 2 saturated carbocycles. The minimum absolute atomic E-state index is 0.381. The summed E-state index contributed by atoms with van der Waals surface area (Å²) in [4.78, 5) is 12.3. The standard InChI is InChI=1S/C27H42O2/c1-16(2)20-12-10-18(5)14-24(20)22-8-7-9-23(27(28)29)26(22)25-15-19(6)11-13-21(25)17(3)4/h7-9,16-21,24-25H,10-15H2,1-6H3,(H,28,29).